The number of anilines is 4. The Bertz CT molecular complexity index is 1160. The molecule has 3 aromatic rings. The van der Waals surface area contributed by atoms with Gasteiger partial charge in [-0.25, -0.2) is 9.78 Å². The molecule has 0 spiro atoms. The van der Waals surface area contributed by atoms with Crippen LogP contribution in [0.4, 0.5) is 27.9 Å². The SMILES string of the molecule is CCN(CC)CCOc1ccc(Nc2ncc3c(n2)NC(=O)N(c2cc(OC)cc(OC)c2)C3)cc1. The molecule has 10 nitrogen and oxygen atoms in total. The standard InChI is InChI=1S/C26H32N6O4/c1-5-31(6-2)11-12-36-21-9-7-19(8-10-21)28-25-27-16-18-17-32(26(33)30-24(18)29-25)20-13-22(34-3)15-23(14-20)35-4/h7-10,13-16H,5-6,11-12,17H2,1-4H3,(H2,27,28,29,30,33). The van der Waals surface area contributed by atoms with Crippen LogP contribution in [0.3, 0.4) is 0 Å². The van der Waals surface area contributed by atoms with Crippen LogP contribution in [0.5, 0.6) is 17.2 Å². The molecule has 0 fully saturated rings. The van der Waals surface area contributed by atoms with E-state index in [1.54, 1.807) is 43.5 Å². The predicted molar refractivity (Wildman–Crippen MR) is 140 cm³/mol. The van der Waals surface area contributed by atoms with E-state index in [2.05, 4.69) is 39.3 Å². The Balaban J connectivity index is 1.40. The molecule has 0 bridgehead atoms. The third-order valence-corrected chi connectivity index (χ3v) is 5.99. The minimum atomic E-state index is -0.298. The Morgan fingerprint density at radius 3 is 2.36 bits per heavy atom. The number of methoxy groups -OCH3 is 2. The number of amides is 2. The molecule has 10 heteroatoms. The van der Waals surface area contributed by atoms with Crippen LogP contribution >= 0.6 is 0 Å². The van der Waals surface area contributed by atoms with Gasteiger partial charge in [-0.3, -0.25) is 10.2 Å². The lowest BCUT2D eigenvalue weighted by molar-refractivity contribution is 0.223. The predicted octanol–water partition coefficient (Wildman–Crippen LogP) is 4.51. The van der Waals surface area contributed by atoms with E-state index in [-0.39, 0.29) is 6.03 Å². The number of carbonyl (C=O) groups excluding carboxylic acids is 1. The first-order chi connectivity index (χ1) is 17.5. The van der Waals surface area contributed by atoms with Gasteiger partial charge in [-0.15, -0.1) is 0 Å². The van der Waals surface area contributed by atoms with Crippen molar-refractivity contribution in [3.05, 3.63) is 54.2 Å². The van der Waals surface area contributed by atoms with Crippen LogP contribution in [-0.4, -0.2) is 61.4 Å². The molecule has 4 rings (SSSR count). The average Bonchev–Trinajstić information content (AvgIpc) is 2.91. The summed E-state index contributed by atoms with van der Waals surface area (Å²) >= 11 is 0. The van der Waals surface area contributed by atoms with Gasteiger partial charge in [0.2, 0.25) is 5.95 Å². The van der Waals surface area contributed by atoms with Crippen molar-refractivity contribution in [3.63, 3.8) is 0 Å². The summed E-state index contributed by atoms with van der Waals surface area (Å²) in [4.78, 5) is 25.7. The fraction of sp³-hybridized carbons (Fsp3) is 0.346. The molecule has 2 amide bonds. The van der Waals surface area contributed by atoms with Gasteiger partial charge < -0.3 is 24.4 Å². The summed E-state index contributed by atoms with van der Waals surface area (Å²) in [5.74, 6) is 2.86. The number of carbonyl (C=O) groups is 1. The molecule has 0 saturated carbocycles. The monoisotopic (exact) mass is 492 g/mol. The molecular weight excluding hydrogens is 460 g/mol. The van der Waals surface area contributed by atoms with Gasteiger partial charge in [-0.05, 0) is 37.4 Å². The molecule has 2 N–H and O–H groups in total. The number of nitrogens with zero attached hydrogens (tertiary/aromatic N) is 4. The number of hydrogen-bond donors (Lipinski definition) is 2. The number of ether oxygens (including phenoxy) is 3. The number of aromatic nitrogens is 2. The van der Waals surface area contributed by atoms with Gasteiger partial charge in [0.25, 0.3) is 0 Å². The Kier molecular flexibility index (Phi) is 8.06. The molecule has 0 atom stereocenters. The number of urea groups is 1. The van der Waals surface area contributed by atoms with Crippen LogP contribution in [0, 0.1) is 0 Å². The van der Waals surface area contributed by atoms with Crippen molar-refractivity contribution in [1.29, 1.82) is 0 Å². The van der Waals surface area contributed by atoms with Crippen molar-refractivity contribution in [2.24, 2.45) is 0 Å². The second-order valence-electron chi connectivity index (χ2n) is 8.18. The van der Waals surface area contributed by atoms with E-state index in [1.807, 2.05) is 24.3 Å². The van der Waals surface area contributed by atoms with Gasteiger partial charge in [-0.1, -0.05) is 13.8 Å². The first kappa shape index (κ1) is 25.1. The normalized spacial score (nSPS) is 12.7. The van der Waals surface area contributed by atoms with E-state index in [9.17, 15) is 4.79 Å². The van der Waals surface area contributed by atoms with Gasteiger partial charge in [0.05, 0.1) is 26.5 Å². The van der Waals surface area contributed by atoms with Crippen LogP contribution in [0.2, 0.25) is 0 Å². The van der Waals surface area contributed by atoms with E-state index < -0.39 is 0 Å². The highest BCUT2D eigenvalue weighted by Crippen LogP contribution is 2.32. The lowest BCUT2D eigenvalue weighted by Gasteiger charge is -2.29. The number of likely N-dealkylation sites (N-methyl/N-ethyl adjacent to an activating group) is 1. The molecule has 2 aromatic carbocycles. The van der Waals surface area contributed by atoms with Crippen LogP contribution in [0.25, 0.3) is 0 Å². The van der Waals surface area contributed by atoms with Crippen molar-refractivity contribution in [3.8, 4) is 17.2 Å². The zero-order valence-corrected chi connectivity index (χ0v) is 21.1. The van der Waals surface area contributed by atoms with Gasteiger partial charge in [0, 0.05) is 42.2 Å². The number of nitrogens with one attached hydrogen (secondary N) is 2. The summed E-state index contributed by atoms with van der Waals surface area (Å²) in [6.45, 7) is 8.16. The van der Waals surface area contributed by atoms with Gasteiger partial charge >= 0.3 is 6.03 Å². The molecule has 0 unspecified atom stereocenters. The first-order valence-corrected chi connectivity index (χ1v) is 11.9. The van der Waals surface area contributed by atoms with Gasteiger partial charge in [0.1, 0.15) is 29.7 Å². The molecular formula is C26H32N6O4. The van der Waals surface area contributed by atoms with Crippen LogP contribution in [0.1, 0.15) is 19.4 Å². The average molecular weight is 493 g/mol. The first-order valence-electron chi connectivity index (χ1n) is 11.9. The summed E-state index contributed by atoms with van der Waals surface area (Å²) in [7, 11) is 3.14. The van der Waals surface area contributed by atoms with Crippen molar-refractivity contribution < 1.29 is 19.0 Å². The Hall–Kier alpha value is -4.05. The summed E-state index contributed by atoms with van der Waals surface area (Å²) in [6.07, 6.45) is 1.71. The lowest BCUT2D eigenvalue weighted by Crippen LogP contribution is -2.39. The minimum absolute atomic E-state index is 0.298. The Morgan fingerprint density at radius 2 is 1.72 bits per heavy atom. The Morgan fingerprint density at radius 1 is 1.03 bits per heavy atom. The molecule has 2 heterocycles. The maximum atomic E-state index is 12.9. The van der Waals surface area contributed by atoms with E-state index >= 15 is 0 Å². The zero-order chi connectivity index (χ0) is 25.5. The molecule has 1 aliphatic heterocycles. The summed E-state index contributed by atoms with van der Waals surface area (Å²) < 4.78 is 16.5. The highest BCUT2D eigenvalue weighted by atomic mass is 16.5. The number of hydrogen-bond acceptors (Lipinski definition) is 8. The minimum Gasteiger partial charge on any atom is -0.497 e. The maximum Gasteiger partial charge on any atom is 0.327 e. The van der Waals surface area contributed by atoms with Crippen molar-refractivity contribution >= 4 is 29.2 Å². The fourth-order valence-electron chi connectivity index (χ4n) is 3.85. The van der Waals surface area contributed by atoms with E-state index in [1.165, 1.54) is 0 Å². The maximum absolute atomic E-state index is 12.9. The third kappa shape index (κ3) is 5.95. The van der Waals surface area contributed by atoms with Crippen molar-refractivity contribution in [2.75, 3.05) is 56.0 Å². The van der Waals surface area contributed by atoms with Crippen LogP contribution in [-0.2, 0) is 6.54 Å². The summed E-state index contributed by atoms with van der Waals surface area (Å²) in [6, 6.07) is 12.6. The molecule has 36 heavy (non-hydrogen) atoms. The highest BCUT2D eigenvalue weighted by molar-refractivity contribution is 6.03. The van der Waals surface area contributed by atoms with Crippen molar-refractivity contribution in [1.82, 2.24) is 14.9 Å². The second kappa shape index (κ2) is 11.6. The number of fused-ring (bicyclic) bond motifs is 1. The number of benzene rings is 2. The molecule has 0 saturated heterocycles. The smallest absolute Gasteiger partial charge is 0.327 e. The quantitative estimate of drug-likeness (QED) is 0.403. The largest absolute Gasteiger partial charge is 0.497 e. The molecule has 190 valence electrons. The van der Waals surface area contributed by atoms with E-state index in [4.69, 9.17) is 14.2 Å². The second-order valence-corrected chi connectivity index (χ2v) is 8.18. The Labute approximate surface area is 211 Å². The highest BCUT2D eigenvalue weighted by Gasteiger charge is 2.26. The molecule has 0 radical (unpaired) electrons. The van der Waals surface area contributed by atoms with Gasteiger partial charge in [0.15, 0.2) is 0 Å². The fourth-order valence-corrected chi connectivity index (χ4v) is 3.85. The molecule has 1 aliphatic rings. The van der Waals surface area contributed by atoms with Crippen LogP contribution in [0.15, 0.2) is 48.7 Å². The van der Waals surface area contributed by atoms with E-state index in [0.29, 0.717) is 42.1 Å². The van der Waals surface area contributed by atoms with Crippen LogP contribution < -0.4 is 29.7 Å². The zero-order valence-electron chi connectivity index (χ0n) is 21.1. The molecule has 0 aliphatic carbocycles. The third-order valence-electron chi connectivity index (χ3n) is 5.99. The lowest BCUT2D eigenvalue weighted by atomic mass is 10.2. The molecule has 1 aromatic heterocycles. The summed E-state index contributed by atoms with van der Waals surface area (Å²) in [5.41, 5.74) is 2.26. The van der Waals surface area contributed by atoms with Gasteiger partial charge in [-0.2, -0.15) is 4.98 Å². The van der Waals surface area contributed by atoms with E-state index in [0.717, 1.165) is 36.6 Å². The topological polar surface area (TPSA) is 101 Å². The number of rotatable bonds is 11. The summed E-state index contributed by atoms with van der Waals surface area (Å²) in [5, 5.41) is 6.03. The van der Waals surface area contributed by atoms with Crippen molar-refractivity contribution in [2.45, 2.75) is 20.4 Å².